The van der Waals surface area contributed by atoms with Crippen LogP contribution in [0.25, 0.3) is 0 Å². The molecule has 30 heavy (non-hydrogen) atoms. The summed E-state index contributed by atoms with van der Waals surface area (Å²) < 4.78 is 53.1. The number of methoxy groups -OCH3 is 1. The Balaban J connectivity index is 1.63. The molecule has 7 nitrogen and oxygen atoms in total. The summed E-state index contributed by atoms with van der Waals surface area (Å²) in [6.07, 6.45) is -1.91. The van der Waals surface area contributed by atoms with Crippen LogP contribution < -0.4 is 15.4 Å². The second kappa shape index (κ2) is 8.17. The van der Waals surface area contributed by atoms with Crippen LogP contribution in [0.1, 0.15) is 47.3 Å². The highest BCUT2D eigenvalue weighted by Gasteiger charge is 2.47. The summed E-state index contributed by atoms with van der Waals surface area (Å²) in [5.41, 5.74) is 0.661. The summed E-state index contributed by atoms with van der Waals surface area (Å²) in [6, 6.07) is 4.35. The molecule has 2 N–H and O–H groups in total. The minimum absolute atomic E-state index is 0.0457. The van der Waals surface area contributed by atoms with Crippen LogP contribution in [0.15, 0.2) is 30.5 Å². The van der Waals surface area contributed by atoms with E-state index in [1.165, 1.54) is 13.3 Å². The van der Waals surface area contributed by atoms with E-state index in [1.807, 2.05) is 0 Å². The van der Waals surface area contributed by atoms with Gasteiger partial charge in [0, 0.05) is 25.1 Å². The quantitative estimate of drug-likeness (QED) is 0.769. The second-order valence-corrected chi connectivity index (χ2v) is 7.43. The monoisotopic (exact) mass is 424 g/mol. The fraction of sp³-hybridized carbons (Fsp3) is 0.500. The standard InChI is InChI=1S/C20H23F3N4O3/c1-29-16-7-3-2-6-13(16)15-9-17(20(21,22)23)27-18(26-15)14(11-25-27)19(28)24-10-12-5-4-8-30-12/h2-3,6-7,11-12,15,17,26H,4-5,8-10H2,1H3,(H,24,28)/t12-,15+,17+/m0/s1. The summed E-state index contributed by atoms with van der Waals surface area (Å²) >= 11 is 0. The second-order valence-electron chi connectivity index (χ2n) is 7.43. The van der Waals surface area contributed by atoms with Gasteiger partial charge in [-0.25, -0.2) is 4.68 Å². The average Bonchev–Trinajstić information content (AvgIpc) is 3.40. The highest BCUT2D eigenvalue weighted by atomic mass is 19.4. The van der Waals surface area contributed by atoms with E-state index in [4.69, 9.17) is 9.47 Å². The number of alkyl halides is 3. The van der Waals surface area contributed by atoms with Crippen LogP contribution in [-0.2, 0) is 4.74 Å². The highest BCUT2D eigenvalue weighted by molar-refractivity contribution is 5.98. The number of amides is 1. The van der Waals surface area contributed by atoms with E-state index in [0.29, 0.717) is 24.5 Å². The number of anilines is 1. The van der Waals surface area contributed by atoms with Crippen LogP contribution in [0.5, 0.6) is 5.75 Å². The lowest BCUT2D eigenvalue weighted by Crippen LogP contribution is -2.37. The molecule has 0 aliphatic carbocycles. The predicted molar refractivity (Wildman–Crippen MR) is 103 cm³/mol. The molecule has 0 saturated carbocycles. The molecule has 2 aliphatic rings. The van der Waals surface area contributed by atoms with Crippen LogP contribution in [0.2, 0.25) is 0 Å². The molecule has 1 aromatic carbocycles. The van der Waals surface area contributed by atoms with E-state index < -0.39 is 24.2 Å². The van der Waals surface area contributed by atoms with Crippen LogP contribution in [0.3, 0.4) is 0 Å². The first-order chi connectivity index (χ1) is 14.4. The lowest BCUT2D eigenvalue weighted by molar-refractivity contribution is -0.173. The number of para-hydroxylation sites is 1. The van der Waals surface area contributed by atoms with Crippen molar-refractivity contribution in [3.05, 3.63) is 41.6 Å². The molecular formula is C20H23F3N4O3. The van der Waals surface area contributed by atoms with Crippen molar-refractivity contribution in [2.45, 2.75) is 43.6 Å². The topological polar surface area (TPSA) is 77.4 Å². The normalized spacial score (nSPS) is 23.5. The largest absolute Gasteiger partial charge is 0.496 e. The molecule has 0 radical (unpaired) electrons. The molecule has 1 fully saturated rings. The zero-order valence-corrected chi connectivity index (χ0v) is 16.4. The van der Waals surface area contributed by atoms with E-state index in [1.54, 1.807) is 24.3 Å². The van der Waals surface area contributed by atoms with Crippen LogP contribution in [-0.4, -0.2) is 48.2 Å². The molecule has 10 heteroatoms. The molecule has 4 rings (SSSR count). The first-order valence-electron chi connectivity index (χ1n) is 9.82. The molecule has 2 aliphatic heterocycles. The highest BCUT2D eigenvalue weighted by Crippen LogP contribution is 2.45. The number of hydrogen-bond acceptors (Lipinski definition) is 5. The van der Waals surface area contributed by atoms with Crippen molar-refractivity contribution in [2.24, 2.45) is 0 Å². The van der Waals surface area contributed by atoms with Crippen molar-refractivity contribution >= 4 is 11.7 Å². The van der Waals surface area contributed by atoms with E-state index in [-0.39, 0.29) is 23.9 Å². The molecule has 2 aromatic rings. The third-order valence-electron chi connectivity index (χ3n) is 5.51. The van der Waals surface area contributed by atoms with Gasteiger partial charge in [0.25, 0.3) is 5.91 Å². The minimum Gasteiger partial charge on any atom is -0.496 e. The Morgan fingerprint density at radius 3 is 2.90 bits per heavy atom. The summed E-state index contributed by atoms with van der Waals surface area (Å²) in [5, 5.41) is 9.71. The minimum atomic E-state index is -4.52. The van der Waals surface area contributed by atoms with Crippen molar-refractivity contribution in [1.82, 2.24) is 15.1 Å². The van der Waals surface area contributed by atoms with Crippen molar-refractivity contribution in [3.8, 4) is 5.75 Å². The van der Waals surface area contributed by atoms with Gasteiger partial charge in [0.2, 0.25) is 0 Å². The fourth-order valence-electron chi connectivity index (χ4n) is 3.99. The number of halogens is 3. The maximum Gasteiger partial charge on any atom is 0.410 e. The molecule has 162 valence electrons. The first kappa shape index (κ1) is 20.5. The van der Waals surface area contributed by atoms with Crippen LogP contribution in [0.4, 0.5) is 19.0 Å². The third-order valence-corrected chi connectivity index (χ3v) is 5.51. The van der Waals surface area contributed by atoms with Crippen molar-refractivity contribution in [1.29, 1.82) is 0 Å². The number of nitrogens with one attached hydrogen (secondary N) is 2. The van der Waals surface area contributed by atoms with E-state index >= 15 is 0 Å². The Hall–Kier alpha value is -2.75. The number of benzene rings is 1. The predicted octanol–water partition coefficient (Wildman–Crippen LogP) is 3.46. The summed E-state index contributed by atoms with van der Waals surface area (Å²) in [7, 11) is 1.47. The Kier molecular flexibility index (Phi) is 5.59. The third kappa shape index (κ3) is 3.96. The molecule has 1 amide bonds. The van der Waals surface area contributed by atoms with Crippen LogP contribution in [0, 0.1) is 0 Å². The van der Waals surface area contributed by atoms with Gasteiger partial charge in [0.1, 0.15) is 17.1 Å². The van der Waals surface area contributed by atoms with Gasteiger partial charge in [-0.05, 0) is 18.9 Å². The van der Waals surface area contributed by atoms with Gasteiger partial charge in [-0.3, -0.25) is 4.79 Å². The number of rotatable bonds is 5. The number of carbonyl (C=O) groups is 1. The SMILES string of the molecule is COc1ccccc1[C@H]1C[C@H](C(F)(F)F)n2ncc(C(=O)NC[C@@H]3CCCO3)c2N1. The summed E-state index contributed by atoms with van der Waals surface area (Å²) in [4.78, 5) is 12.7. The first-order valence-corrected chi connectivity index (χ1v) is 9.82. The van der Waals surface area contributed by atoms with Gasteiger partial charge in [-0.2, -0.15) is 18.3 Å². The van der Waals surface area contributed by atoms with Gasteiger partial charge < -0.3 is 20.1 Å². The number of ether oxygens (including phenoxy) is 2. The zero-order valence-electron chi connectivity index (χ0n) is 16.4. The van der Waals surface area contributed by atoms with Crippen molar-refractivity contribution < 1.29 is 27.4 Å². The lowest BCUT2D eigenvalue weighted by Gasteiger charge is -2.34. The maximum absolute atomic E-state index is 13.8. The van der Waals surface area contributed by atoms with Crippen molar-refractivity contribution in [2.75, 3.05) is 25.6 Å². The molecule has 0 bridgehead atoms. The van der Waals surface area contributed by atoms with Gasteiger partial charge in [0.15, 0.2) is 6.04 Å². The molecule has 3 atom stereocenters. The Morgan fingerprint density at radius 2 is 2.20 bits per heavy atom. The molecule has 1 saturated heterocycles. The summed E-state index contributed by atoms with van der Waals surface area (Å²) in [5.74, 6) is 0.0402. The average molecular weight is 424 g/mol. The number of fused-ring (bicyclic) bond motifs is 1. The number of hydrogen-bond donors (Lipinski definition) is 2. The smallest absolute Gasteiger partial charge is 0.410 e. The number of aromatic nitrogens is 2. The Bertz CT molecular complexity index is 909. The Morgan fingerprint density at radius 1 is 1.40 bits per heavy atom. The van der Waals surface area contributed by atoms with Crippen LogP contribution >= 0.6 is 0 Å². The molecular weight excluding hydrogens is 401 g/mol. The van der Waals surface area contributed by atoms with E-state index in [2.05, 4.69) is 15.7 Å². The summed E-state index contributed by atoms with van der Waals surface area (Å²) in [6.45, 7) is 0.960. The zero-order chi connectivity index (χ0) is 21.3. The molecule has 1 aromatic heterocycles. The number of carbonyl (C=O) groups excluding carboxylic acids is 1. The van der Waals surface area contributed by atoms with E-state index in [9.17, 15) is 18.0 Å². The van der Waals surface area contributed by atoms with Gasteiger partial charge in [0.05, 0.1) is 25.5 Å². The lowest BCUT2D eigenvalue weighted by atomic mass is 9.95. The number of nitrogens with zero attached hydrogens (tertiary/aromatic N) is 2. The van der Waals surface area contributed by atoms with Gasteiger partial charge >= 0.3 is 6.18 Å². The fourth-order valence-corrected chi connectivity index (χ4v) is 3.99. The van der Waals surface area contributed by atoms with Gasteiger partial charge in [-0.1, -0.05) is 18.2 Å². The molecule has 0 spiro atoms. The van der Waals surface area contributed by atoms with Crippen molar-refractivity contribution in [3.63, 3.8) is 0 Å². The van der Waals surface area contributed by atoms with E-state index in [0.717, 1.165) is 17.5 Å². The maximum atomic E-state index is 13.8. The molecule has 3 heterocycles. The molecule has 0 unspecified atom stereocenters. The van der Waals surface area contributed by atoms with Gasteiger partial charge in [-0.15, -0.1) is 0 Å². The Labute approximate surface area is 171 Å².